The molecule has 0 aliphatic carbocycles. The van der Waals surface area contributed by atoms with Gasteiger partial charge >= 0.3 is 12.1 Å². The molecule has 0 spiro atoms. The first-order valence-electron chi connectivity index (χ1n) is 21.0. The summed E-state index contributed by atoms with van der Waals surface area (Å²) >= 11 is 0. The van der Waals surface area contributed by atoms with E-state index in [0.29, 0.717) is 13.0 Å². The third-order valence-electron chi connectivity index (χ3n) is 12.8. The standard InChI is InChI=1S/C44H66N4O10/c1-11-35-44(7)39(48(42(53)58-44)46-21-16-12-13-17-30-20-22-45-32-19-15-14-18-31(30)32)29(5)37(51)26(2)25-43(6,54-10)40(28(4)34(49)24-36(50)56-35)57-41-38(52)33(47(8)9)23-27(3)55-41/h14-15,18-20,22,26-29,33,35,38-41,46,52H,11-13,16-17,21,23-25H2,1-10H3/t26-,27-,28+,29+,33+,35-,38-,39-,40-,41+,43-,44-/m1/s1. The number of Topliss-reactive ketones (excluding diaryl/α,β-unsaturated/α-hetero) is 2. The second kappa shape index (κ2) is 19.2. The van der Waals surface area contributed by atoms with Gasteiger partial charge < -0.3 is 33.7 Å². The molecule has 1 amide bonds. The summed E-state index contributed by atoms with van der Waals surface area (Å²) in [6, 6.07) is 9.02. The Balaban J connectivity index is 1.37. The maximum atomic E-state index is 14.6. The molecular weight excluding hydrogens is 745 g/mol. The maximum absolute atomic E-state index is 14.6. The molecule has 3 aliphatic heterocycles. The van der Waals surface area contributed by atoms with Gasteiger partial charge in [0.2, 0.25) is 0 Å². The van der Waals surface area contributed by atoms with Crippen LogP contribution in [-0.2, 0) is 44.5 Å². The molecule has 1 aromatic heterocycles. The van der Waals surface area contributed by atoms with Crippen LogP contribution >= 0.6 is 0 Å². The summed E-state index contributed by atoms with van der Waals surface area (Å²) in [5.74, 6) is -3.77. The van der Waals surface area contributed by atoms with E-state index in [0.717, 1.165) is 36.6 Å². The number of pyridine rings is 1. The summed E-state index contributed by atoms with van der Waals surface area (Å²) in [7, 11) is 5.24. The van der Waals surface area contributed by atoms with Gasteiger partial charge in [-0.05, 0) is 91.1 Å². The zero-order valence-electron chi connectivity index (χ0n) is 36.1. The molecule has 12 atom stereocenters. The van der Waals surface area contributed by atoms with Gasteiger partial charge in [0.05, 0.1) is 23.3 Å². The fraction of sp³-hybridized carbons (Fsp3) is 0.705. The number of methoxy groups -OCH3 is 1. The molecule has 5 rings (SSSR count). The van der Waals surface area contributed by atoms with Crippen molar-refractivity contribution in [2.45, 2.75) is 154 Å². The number of carbonyl (C=O) groups is 4. The maximum Gasteiger partial charge on any atom is 0.425 e. The van der Waals surface area contributed by atoms with Crippen molar-refractivity contribution in [3.8, 4) is 0 Å². The van der Waals surface area contributed by atoms with Crippen molar-refractivity contribution in [1.82, 2.24) is 20.3 Å². The van der Waals surface area contributed by atoms with Gasteiger partial charge in [-0.1, -0.05) is 52.3 Å². The number of hydrazine groups is 1. The number of carbonyl (C=O) groups excluding carboxylic acids is 4. The van der Waals surface area contributed by atoms with Crippen LogP contribution in [0.15, 0.2) is 36.5 Å². The Morgan fingerprint density at radius 2 is 1.74 bits per heavy atom. The monoisotopic (exact) mass is 810 g/mol. The normalized spacial score (nSPS) is 35.5. The molecule has 1 aromatic carbocycles. The molecule has 0 saturated carbocycles. The molecule has 14 heteroatoms. The van der Waals surface area contributed by atoms with Gasteiger partial charge in [-0.2, -0.15) is 0 Å². The van der Waals surface area contributed by atoms with E-state index in [1.54, 1.807) is 34.6 Å². The highest BCUT2D eigenvalue weighted by Gasteiger charge is 2.60. The zero-order chi connectivity index (χ0) is 42.5. The third-order valence-corrected chi connectivity index (χ3v) is 12.8. The summed E-state index contributed by atoms with van der Waals surface area (Å²) in [4.78, 5) is 62.4. The summed E-state index contributed by atoms with van der Waals surface area (Å²) in [6.45, 7) is 12.8. The third kappa shape index (κ3) is 9.74. The number of nitrogens with one attached hydrogen (secondary N) is 1. The van der Waals surface area contributed by atoms with Crippen LogP contribution < -0.4 is 5.43 Å². The number of ketones is 2. The van der Waals surface area contributed by atoms with Crippen molar-refractivity contribution in [3.05, 3.63) is 42.1 Å². The van der Waals surface area contributed by atoms with Gasteiger partial charge in [-0.3, -0.25) is 19.4 Å². The number of aliphatic hydroxyl groups excluding tert-OH is 1. The van der Waals surface area contributed by atoms with Crippen molar-refractivity contribution in [2.75, 3.05) is 27.7 Å². The van der Waals surface area contributed by atoms with Crippen molar-refractivity contribution < 1.29 is 48.0 Å². The molecule has 3 aliphatic rings. The topological polar surface area (TPSA) is 166 Å². The molecule has 4 heterocycles. The van der Waals surface area contributed by atoms with Gasteiger partial charge in [-0.15, -0.1) is 0 Å². The van der Waals surface area contributed by atoms with Crippen LogP contribution in [0.5, 0.6) is 0 Å². The Morgan fingerprint density at radius 3 is 2.43 bits per heavy atom. The lowest BCUT2D eigenvalue weighted by atomic mass is 9.74. The Labute approximate surface area is 343 Å². The van der Waals surface area contributed by atoms with E-state index in [2.05, 4.69) is 22.5 Å². The Bertz CT molecular complexity index is 1750. The number of cyclic esters (lactones) is 1. The van der Waals surface area contributed by atoms with E-state index in [4.69, 9.17) is 23.7 Å². The van der Waals surface area contributed by atoms with Gasteiger partial charge in [0.25, 0.3) is 0 Å². The van der Waals surface area contributed by atoms with E-state index >= 15 is 0 Å². The number of ether oxygens (including phenoxy) is 5. The Hall–Kier alpha value is -3.53. The average Bonchev–Trinajstić information content (AvgIpc) is 3.45. The van der Waals surface area contributed by atoms with Crippen molar-refractivity contribution in [3.63, 3.8) is 0 Å². The number of aliphatic hydroxyl groups is 1. The molecule has 3 saturated heterocycles. The quantitative estimate of drug-likeness (QED) is 0.159. The molecular formula is C44H66N4O10. The fourth-order valence-corrected chi connectivity index (χ4v) is 9.49. The summed E-state index contributed by atoms with van der Waals surface area (Å²) in [6.07, 6.45) is 0.630. The first kappa shape index (κ1) is 45.6. The molecule has 58 heavy (non-hydrogen) atoms. The molecule has 0 bridgehead atoms. The highest BCUT2D eigenvalue weighted by Crippen LogP contribution is 2.42. The number of para-hydroxylation sites is 1. The average molecular weight is 811 g/mol. The molecule has 2 N–H and O–H groups in total. The SMILES string of the molecule is CC[C@H]1OC(=O)CC(=O)[C@H](C)[C@@H](O[C@@H]2O[C@H](C)C[C@H](N(C)C)[C@H]2O)[C@](C)(OC)C[C@@H](C)C(=O)[C@H](C)[C@H]2N(NCCCCCc3ccnc4ccccc34)C(=O)O[C@]12C. The molecule has 0 unspecified atom stereocenters. The number of benzene rings is 1. The number of aromatic nitrogens is 1. The number of fused-ring (bicyclic) bond motifs is 2. The first-order chi connectivity index (χ1) is 27.4. The molecule has 3 fully saturated rings. The van der Waals surface area contributed by atoms with Crippen LogP contribution in [0.3, 0.4) is 0 Å². The molecule has 14 nitrogen and oxygen atoms in total. The van der Waals surface area contributed by atoms with Crippen LogP contribution in [0.4, 0.5) is 4.79 Å². The van der Waals surface area contributed by atoms with E-state index in [9.17, 15) is 24.3 Å². The molecule has 322 valence electrons. The predicted octanol–water partition coefficient (Wildman–Crippen LogP) is 5.41. The van der Waals surface area contributed by atoms with Crippen LogP contribution in [0.25, 0.3) is 10.9 Å². The second-order valence-corrected chi connectivity index (χ2v) is 17.3. The van der Waals surface area contributed by atoms with Crippen molar-refractivity contribution in [1.29, 1.82) is 0 Å². The number of rotatable bonds is 12. The number of nitrogens with zero attached hydrogens (tertiary/aromatic N) is 3. The van der Waals surface area contributed by atoms with Crippen LogP contribution in [-0.4, -0.2) is 125 Å². The van der Waals surface area contributed by atoms with Crippen LogP contribution in [0, 0.1) is 17.8 Å². The number of amides is 1. The largest absolute Gasteiger partial charge is 0.458 e. The first-order valence-corrected chi connectivity index (χ1v) is 21.0. The van der Waals surface area contributed by atoms with Crippen LogP contribution in [0.1, 0.15) is 99.0 Å². The fourth-order valence-electron chi connectivity index (χ4n) is 9.49. The smallest absolute Gasteiger partial charge is 0.425 e. The van der Waals surface area contributed by atoms with Crippen LogP contribution in [0.2, 0.25) is 0 Å². The van der Waals surface area contributed by atoms with Gasteiger partial charge in [-0.25, -0.2) is 15.2 Å². The predicted molar refractivity (Wildman–Crippen MR) is 217 cm³/mol. The summed E-state index contributed by atoms with van der Waals surface area (Å²) in [5, 5.41) is 13.9. The summed E-state index contributed by atoms with van der Waals surface area (Å²) in [5.41, 5.74) is 2.80. The Kier molecular flexibility index (Phi) is 15.1. The molecule has 0 radical (unpaired) electrons. The highest BCUT2D eigenvalue weighted by atomic mass is 16.7. The van der Waals surface area contributed by atoms with Crippen molar-refractivity contribution >= 4 is 34.5 Å². The number of likely N-dealkylation sites (N-methyl/N-ethyl adjacent to an activating group) is 1. The second-order valence-electron chi connectivity index (χ2n) is 17.3. The van der Waals surface area contributed by atoms with E-state index < -0.39 is 83.9 Å². The number of hydrogen-bond acceptors (Lipinski definition) is 13. The van der Waals surface area contributed by atoms with Gasteiger partial charge in [0.1, 0.15) is 36.2 Å². The minimum Gasteiger partial charge on any atom is -0.458 e. The molecule has 2 aromatic rings. The lowest BCUT2D eigenvalue weighted by Gasteiger charge is -2.47. The minimum absolute atomic E-state index is 0.129. The Morgan fingerprint density at radius 1 is 1.02 bits per heavy atom. The summed E-state index contributed by atoms with van der Waals surface area (Å²) < 4.78 is 30.9. The van der Waals surface area contributed by atoms with E-state index in [1.165, 1.54) is 17.7 Å². The lowest BCUT2D eigenvalue weighted by molar-refractivity contribution is -0.295. The number of aryl methyl sites for hydroxylation is 1. The zero-order valence-corrected chi connectivity index (χ0v) is 36.1. The van der Waals surface area contributed by atoms with E-state index in [1.807, 2.05) is 57.2 Å². The van der Waals surface area contributed by atoms with E-state index in [-0.39, 0.29) is 30.8 Å². The number of hydrogen-bond donors (Lipinski definition) is 2. The highest BCUT2D eigenvalue weighted by molar-refractivity contribution is 5.97. The van der Waals surface area contributed by atoms with Gasteiger partial charge in [0.15, 0.2) is 11.9 Å². The van der Waals surface area contributed by atoms with Crippen molar-refractivity contribution in [2.24, 2.45) is 17.8 Å². The van der Waals surface area contributed by atoms with Gasteiger partial charge in [0, 0.05) is 49.0 Å². The number of unbranched alkanes of at least 4 members (excludes halogenated alkanes) is 2. The number of esters is 1. The lowest BCUT2D eigenvalue weighted by Crippen LogP contribution is -2.61. The minimum atomic E-state index is -1.42.